The Morgan fingerprint density at radius 2 is 1.80 bits per heavy atom. The summed E-state index contributed by atoms with van der Waals surface area (Å²) in [5.74, 6) is 1.18. The highest BCUT2D eigenvalue weighted by Crippen LogP contribution is 2.25. The van der Waals surface area contributed by atoms with Gasteiger partial charge in [0.25, 0.3) is 11.2 Å². The molecule has 1 saturated heterocycles. The number of hydrogen-bond donors (Lipinski definition) is 0. The smallest absolute Gasteiger partial charge is 0.269 e. The number of halogens is 1. The van der Waals surface area contributed by atoms with Crippen molar-refractivity contribution in [3.8, 4) is 0 Å². The molecule has 2 aromatic carbocycles. The van der Waals surface area contributed by atoms with Crippen molar-refractivity contribution in [3.05, 3.63) is 73.0 Å². The van der Waals surface area contributed by atoms with E-state index in [9.17, 15) is 14.9 Å². The predicted octanol–water partition coefficient (Wildman–Crippen LogP) is 3.36. The topological polar surface area (TPSA) is 98.6 Å². The van der Waals surface area contributed by atoms with Crippen LogP contribution in [0.3, 0.4) is 0 Å². The second kappa shape index (κ2) is 7.21. The molecule has 0 spiro atoms. The predicted molar refractivity (Wildman–Crippen MR) is 116 cm³/mol. The lowest BCUT2D eigenvalue weighted by Gasteiger charge is -2.17. The summed E-state index contributed by atoms with van der Waals surface area (Å²) in [6.45, 7) is 2.04. The molecule has 0 bridgehead atoms. The number of nitro groups is 1. The molecular formula is C20H17BrN6O3. The van der Waals surface area contributed by atoms with Gasteiger partial charge in [-0.05, 0) is 36.6 Å². The zero-order valence-corrected chi connectivity index (χ0v) is 17.4. The number of anilines is 1. The van der Waals surface area contributed by atoms with Crippen LogP contribution in [0, 0.1) is 10.1 Å². The summed E-state index contributed by atoms with van der Waals surface area (Å²) >= 11 is 3.46. The van der Waals surface area contributed by atoms with E-state index in [0.29, 0.717) is 11.2 Å². The maximum atomic E-state index is 13.3. The third kappa shape index (κ3) is 3.04. The Balaban J connectivity index is 1.73. The van der Waals surface area contributed by atoms with Gasteiger partial charge in [-0.3, -0.25) is 19.5 Å². The van der Waals surface area contributed by atoms with Crippen LogP contribution >= 0.6 is 15.9 Å². The molecule has 0 radical (unpaired) electrons. The quantitative estimate of drug-likeness (QED) is 0.336. The number of hydrogen-bond acceptors (Lipinski definition) is 6. The Hall–Kier alpha value is -3.27. The van der Waals surface area contributed by atoms with E-state index in [2.05, 4.69) is 31.0 Å². The Morgan fingerprint density at radius 3 is 2.50 bits per heavy atom. The van der Waals surface area contributed by atoms with Gasteiger partial charge in [0, 0.05) is 29.7 Å². The molecule has 3 heterocycles. The summed E-state index contributed by atoms with van der Waals surface area (Å²) < 4.78 is 4.31. The zero-order chi connectivity index (χ0) is 20.8. The van der Waals surface area contributed by atoms with Crippen molar-refractivity contribution in [2.75, 3.05) is 18.0 Å². The van der Waals surface area contributed by atoms with Crippen molar-refractivity contribution in [2.24, 2.45) is 0 Å². The third-order valence-corrected chi connectivity index (χ3v) is 5.92. The second-order valence-corrected chi connectivity index (χ2v) is 8.22. The fourth-order valence-electron chi connectivity index (χ4n) is 3.94. The Kier molecular flexibility index (Phi) is 4.50. The highest BCUT2D eigenvalue weighted by molar-refractivity contribution is 9.10. The average molecular weight is 469 g/mol. The van der Waals surface area contributed by atoms with E-state index in [1.165, 1.54) is 12.1 Å². The van der Waals surface area contributed by atoms with Crippen LogP contribution in [-0.2, 0) is 6.54 Å². The van der Waals surface area contributed by atoms with E-state index < -0.39 is 4.92 Å². The minimum Gasteiger partial charge on any atom is -0.341 e. The van der Waals surface area contributed by atoms with Crippen LogP contribution in [0.1, 0.15) is 18.4 Å². The SMILES string of the molecule is O=c1c2cc(Br)ccc2n2c(N3CCCC3)nnc2n1Cc1ccc([N+](=O)[O-])cc1. The molecule has 9 nitrogen and oxygen atoms in total. The molecule has 0 unspecified atom stereocenters. The van der Waals surface area contributed by atoms with Gasteiger partial charge < -0.3 is 4.90 Å². The van der Waals surface area contributed by atoms with Gasteiger partial charge in [-0.25, -0.2) is 4.40 Å². The van der Waals surface area contributed by atoms with Crippen LogP contribution in [0.2, 0.25) is 0 Å². The third-order valence-electron chi connectivity index (χ3n) is 5.42. The molecule has 5 rings (SSSR count). The molecule has 0 N–H and O–H groups in total. The molecule has 0 amide bonds. The van der Waals surface area contributed by atoms with Gasteiger partial charge in [0.1, 0.15) is 0 Å². The number of nitro benzene ring substituents is 1. The minimum absolute atomic E-state index is 0.0116. The fourth-order valence-corrected chi connectivity index (χ4v) is 4.30. The lowest BCUT2D eigenvalue weighted by molar-refractivity contribution is -0.384. The highest BCUT2D eigenvalue weighted by atomic mass is 79.9. The van der Waals surface area contributed by atoms with Crippen molar-refractivity contribution in [3.63, 3.8) is 0 Å². The Labute approximate surface area is 178 Å². The van der Waals surface area contributed by atoms with Gasteiger partial charge in [-0.2, -0.15) is 0 Å². The van der Waals surface area contributed by atoms with Crippen molar-refractivity contribution in [1.82, 2.24) is 19.2 Å². The lowest BCUT2D eigenvalue weighted by Crippen LogP contribution is -2.26. The van der Waals surface area contributed by atoms with E-state index in [1.54, 1.807) is 22.8 Å². The van der Waals surface area contributed by atoms with Crippen molar-refractivity contribution in [1.29, 1.82) is 0 Å². The molecular weight excluding hydrogens is 452 g/mol. The Morgan fingerprint density at radius 1 is 1.07 bits per heavy atom. The van der Waals surface area contributed by atoms with Crippen LogP contribution in [-0.4, -0.2) is 37.2 Å². The molecule has 1 aliphatic heterocycles. The Bertz CT molecular complexity index is 1340. The zero-order valence-electron chi connectivity index (χ0n) is 15.9. The van der Waals surface area contributed by atoms with Crippen LogP contribution in [0.15, 0.2) is 51.7 Å². The van der Waals surface area contributed by atoms with E-state index >= 15 is 0 Å². The number of non-ortho nitro benzene ring substituents is 1. The van der Waals surface area contributed by atoms with Gasteiger partial charge in [-0.15, -0.1) is 10.2 Å². The first-order valence-electron chi connectivity index (χ1n) is 9.58. The average Bonchev–Trinajstić information content (AvgIpc) is 3.41. The summed E-state index contributed by atoms with van der Waals surface area (Å²) in [5, 5.41) is 20.2. The van der Waals surface area contributed by atoms with Gasteiger partial charge in [0.2, 0.25) is 11.7 Å². The maximum absolute atomic E-state index is 13.3. The monoisotopic (exact) mass is 468 g/mol. The molecule has 152 valence electrons. The van der Waals surface area contributed by atoms with E-state index in [4.69, 9.17) is 0 Å². The molecule has 0 atom stereocenters. The summed E-state index contributed by atoms with van der Waals surface area (Å²) in [5.41, 5.74) is 1.35. The first-order valence-corrected chi connectivity index (χ1v) is 10.4. The normalized spacial score (nSPS) is 14.1. The highest BCUT2D eigenvalue weighted by Gasteiger charge is 2.22. The molecule has 0 saturated carbocycles. The van der Waals surface area contributed by atoms with Crippen molar-refractivity contribution >= 4 is 44.2 Å². The molecule has 10 heteroatoms. The standard InChI is InChI=1S/C20H17BrN6O3/c21-14-5-8-17-16(11-14)18(28)25(12-13-3-6-15(7-4-13)27(29)30)20-23-22-19(26(17)20)24-9-1-2-10-24/h3-8,11H,1-2,9-10,12H2. The first kappa shape index (κ1) is 18.7. The summed E-state index contributed by atoms with van der Waals surface area (Å²) in [6, 6.07) is 11.8. The van der Waals surface area contributed by atoms with Crippen LogP contribution in [0.4, 0.5) is 11.6 Å². The van der Waals surface area contributed by atoms with Crippen LogP contribution in [0.25, 0.3) is 16.7 Å². The number of aromatic nitrogens is 4. The maximum Gasteiger partial charge on any atom is 0.269 e. The molecule has 1 fully saturated rings. The molecule has 4 aromatic rings. The van der Waals surface area contributed by atoms with Crippen molar-refractivity contribution in [2.45, 2.75) is 19.4 Å². The largest absolute Gasteiger partial charge is 0.341 e. The van der Waals surface area contributed by atoms with Gasteiger partial charge in [-0.1, -0.05) is 28.1 Å². The van der Waals surface area contributed by atoms with E-state index in [-0.39, 0.29) is 17.8 Å². The number of benzene rings is 2. The number of nitrogens with zero attached hydrogens (tertiary/aromatic N) is 6. The molecule has 2 aromatic heterocycles. The number of fused-ring (bicyclic) bond motifs is 3. The summed E-state index contributed by atoms with van der Waals surface area (Å²) in [7, 11) is 0. The second-order valence-electron chi connectivity index (χ2n) is 7.31. The summed E-state index contributed by atoms with van der Waals surface area (Å²) in [4.78, 5) is 26.0. The molecule has 0 aliphatic carbocycles. The van der Waals surface area contributed by atoms with Crippen LogP contribution in [0.5, 0.6) is 0 Å². The summed E-state index contributed by atoms with van der Waals surface area (Å²) in [6.07, 6.45) is 2.20. The minimum atomic E-state index is -0.442. The fraction of sp³-hybridized carbons (Fsp3) is 0.250. The van der Waals surface area contributed by atoms with Gasteiger partial charge in [0.15, 0.2) is 0 Å². The van der Waals surface area contributed by atoms with Crippen LogP contribution < -0.4 is 10.5 Å². The van der Waals surface area contributed by atoms with E-state index in [1.807, 2.05) is 16.5 Å². The van der Waals surface area contributed by atoms with Crippen molar-refractivity contribution < 1.29 is 4.92 Å². The first-order chi connectivity index (χ1) is 14.5. The molecule has 30 heavy (non-hydrogen) atoms. The van der Waals surface area contributed by atoms with E-state index in [0.717, 1.165) is 47.4 Å². The number of rotatable bonds is 4. The lowest BCUT2D eigenvalue weighted by atomic mass is 10.2. The van der Waals surface area contributed by atoms with Gasteiger partial charge >= 0.3 is 0 Å². The molecule has 1 aliphatic rings. The van der Waals surface area contributed by atoms with Gasteiger partial charge in [0.05, 0.1) is 22.4 Å².